The van der Waals surface area contributed by atoms with Crippen LogP contribution < -0.4 is 10.2 Å². The highest BCUT2D eigenvalue weighted by Crippen LogP contribution is 2.21. The monoisotopic (exact) mass is 365 g/mol. The van der Waals surface area contributed by atoms with Crippen LogP contribution >= 0.6 is 23.2 Å². The average Bonchev–Trinajstić information content (AvgIpc) is 2.58. The van der Waals surface area contributed by atoms with Gasteiger partial charge in [0.15, 0.2) is 0 Å². The second-order valence-corrected chi connectivity index (χ2v) is 6.16. The molecular formula is C18H21Cl2N3O. The van der Waals surface area contributed by atoms with Gasteiger partial charge in [0.25, 0.3) is 5.91 Å². The molecule has 6 heteroatoms. The standard InChI is InChI=1S/C18H21Cl2N3O/c1-3-23(4-2)15-7-8-17(22-12-15)18(24)21-10-9-13-5-6-14(19)11-16(13)20/h5-8,11-12H,3-4,9-10H2,1-2H3,(H,21,24). The number of anilines is 1. The van der Waals surface area contributed by atoms with Gasteiger partial charge in [0.1, 0.15) is 5.69 Å². The van der Waals surface area contributed by atoms with Gasteiger partial charge in [-0.25, -0.2) is 4.98 Å². The van der Waals surface area contributed by atoms with Crippen LogP contribution in [0.3, 0.4) is 0 Å². The van der Waals surface area contributed by atoms with Gasteiger partial charge in [0.2, 0.25) is 0 Å². The van der Waals surface area contributed by atoms with E-state index >= 15 is 0 Å². The zero-order valence-corrected chi connectivity index (χ0v) is 15.4. The minimum atomic E-state index is -0.189. The van der Waals surface area contributed by atoms with Gasteiger partial charge < -0.3 is 10.2 Å². The highest BCUT2D eigenvalue weighted by atomic mass is 35.5. The molecule has 0 aliphatic rings. The lowest BCUT2D eigenvalue weighted by atomic mass is 10.1. The zero-order valence-electron chi connectivity index (χ0n) is 13.9. The number of nitrogens with one attached hydrogen (secondary N) is 1. The summed E-state index contributed by atoms with van der Waals surface area (Å²) in [5.74, 6) is -0.189. The van der Waals surface area contributed by atoms with E-state index in [9.17, 15) is 4.79 Å². The van der Waals surface area contributed by atoms with Crippen LogP contribution in [-0.2, 0) is 6.42 Å². The summed E-state index contributed by atoms with van der Waals surface area (Å²) in [6.45, 7) is 6.48. The molecule has 128 valence electrons. The summed E-state index contributed by atoms with van der Waals surface area (Å²) in [7, 11) is 0. The van der Waals surface area contributed by atoms with Gasteiger partial charge in [0, 0.05) is 29.7 Å². The maximum atomic E-state index is 12.2. The maximum Gasteiger partial charge on any atom is 0.269 e. The second-order valence-electron chi connectivity index (χ2n) is 5.32. The quantitative estimate of drug-likeness (QED) is 0.799. The minimum absolute atomic E-state index is 0.189. The first-order chi connectivity index (χ1) is 11.5. The van der Waals surface area contributed by atoms with Crippen molar-refractivity contribution in [3.8, 4) is 0 Å². The Morgan fingerprint density at radius 2 is 1.92 bits per heavy atom. The molecule has 0 radical (unpaired) electrons. The molecule has 0 fully saturated rings. The van der Waals surface area contributed by atoms with Crippen LogP contribution in [0.2, 0.25) is 10.0 Å². The molecule has 0 bridgehead atoms. The van der Waals surface area contributed by atoms with Crippen molar-refractivity contribution in [1.29, 1.82) is 0 Å². The van der Waals surface area contributed by atoms with Crippen molar-refractivity contribution in [2.75, 3.05) is 24.5 Å². The number of carbonyl (C=O) groups excluding carboxylic acids is 1. The Hall–Kier alpha value is -1.78. The molecule has 0 unspecified atom stereocenters. The van der Waals surface area contributed by atoms with E-state index in [0.717, 1.165) is 24.3 Å². The molecule has 1 heterocycles. The fraction of sp³-hybridized carbons (Fsp3) is 0.333. The lowest BCUT2D eigenvalue weighted by molar-refractivity contribution is 0.0949. The van der Waals surface area contributed by atoms with Gasteiger partial charge in [-0.2, -0.15) is 0 Å². The minimum Gasteiger partial charge on any atom is -0.371 e. The van der Waals surface area contributed by atoms with E-state index in [-0.39, 0.29) is 5.91 Å². The predicted molar refractivity (Wildman–Crippen MR) is 100 cm³/mol. The smallest absolute Gasteiger partial charge is 0.269 e. The molecule has 0 aliphatic heterocycles. The first-order valence-electron chi connectivity index (χ1n) is 7.98. The largest absolute Gasteiger partial charge is 0.371 e. The lowest BCUT2D eigenvalue weighted by Crippen LogP contribution is -2.27. The SMILES string of the molecule is CCN(CC)c1ccc(C(=O)NCCc2ccc(Cl)cc2Cl)nc1. The van der Waals surface area contributed by atoms with Crippen LogP contribution in [0.5, 0.6) is 0 Å². The molecule has 2 rings (SSSR count). The molecular weight excluding hydrogens is 345 g/mol. The number of hydrogen-bond donors (Lipinski definition) is 1. The van der Waals surface area contributed by atoms with Crippen LogP contribution in [0.25, 0.3) is 0 Å². The summed E-state index contributed by atoms with van der Waals surface area (Å²) < 4.78 is 0. The number of hydrogen-bond acceptors (Lipinski definition) is 3. The zero-order chi connectivity index (χ0) is 17.5. The number of aromatic nitrogens is 1. The van der Waals surface area contributed by atoms with Crippen molar-refractivity contribution in [3.05, 3.63) is 57.8 Å². The number of pyridine rings is 1. The van der Waals surface area contributed by atoms with E-state index in [4.69, 9.17) is 23.2 Å². The summed E-state index contributed by atoms with van der Waals surface area (Å²) in [6, 6.07) is 9.03. The Morgan fingerprint density at radius 1 is 1.17 bits per heavy atom. The molecule has 4 nitrogen and oxygen atoms in total. The van der Waals surface area contributed by atoms with Crippen molar-refractivity contribution in [1.82, 2.24) is 10.3 Å². The van der Waals surface area contributed by atoms with E-state index in [0.29, 0.717) is 28.7 Å². The number of nitrogens with zero attached hydrogens (tertiary/aromatic N) is 2. The summed E-state index contributed by atoms with van der Waals surface area (Å²) in [6.07, 6.45) is 2.37. The van der Waals surface area contributed by atoms with Gasteiger partial charge in [-0.3, -0.25) is 4.79 Å². The van der Waals surface area contributed by atoms with Crippen molar-refractivity contribution < 1.29 is 4.79 Å². The molecule has 1 amide bonds. The van der Waals surface area contributed by atoms with E-state index in [1.807, 2.05) is 12.1 Å². The van der Waals surface area contributed by atoms with E-state index in [1.54, 1.807) is 24.4 Å². The number of benzene rings is 1. The number of rotatable bonds is 7. The number of amides is 1. The van der Waals surface area contributed by atoms with E-state index < -0.39 is 0 Å². The van der Waals surface area contributed by atoms with Gasteiger partial charge in [-0.15, -0.1) is 0 Å². The van der Waals surface area contributed by atoms with Crippen LogP contribution in [-0.4, -0.2) is 30.5 Å². The molecule has 0 aliphatic carbocycles. The lowest BCUT2D eigenvalue weighted by Gasteiger charge is -2.20. The summed E-state index contributed by atoms with van der Waals surface area (Å²) in [4.78, 5) is 18.6. The van der Waals surface area contributed by atoms with Crippen molar-refractivity contribution in [3.63, 3.8) is 0 Å². The molecule has 1 N–H and O–H groups in total. The van der Waals surface area contributed by atoms with Gasteiger partial charge in [0.05, 0.1) is 11.9 Å². The molecule has 1 aromatic carbocycles. The van der Waals surface area contributed by atoms with Crippen LogP contribution in [0.4, 0.5) is 5.69 Å². The highest BCUT2D eigenvalue weighted by molar-refractivity contribution is 6.35. The Kier molecular flexibility index (Phi) is 6.88. The fourth-order valence-corrected chi connectivity index (χ4v) is 2.92. The van der Waals surface area contributed by atoms with Gasteiger partial charge in [-0.1, -0.05) is 29.3 Å². The van der Waals surface area contributed by atoms with E-state index in [2.05, 4.69) is 29.0 Å². The van der Waals surface area contributed by atoms with Gasteiger partial charge >= 0.3 is 0 Å². The molecule has 2 aromatic rings. The van der Waals surface area contributed by atoms with Crippen LogP contribution in [0.1, 0.15) is 29.9 Å². The summed E-state index contributed by atoms with van der Waals surface area (Å²) in [5.41, 5.74) is 2.38. The van der Waals surface area contributed by atoms with Crippen LogP contribution in [0.15, 0.2) is 36.5 Å². The molecule has 1 aromatic heterocycles. The molecule has 24 heavy (non-hydrogen) atoms. The summed E-state index contributed by atoms with van der Waals surface area (Å²) >= 11 is 12.0. The topological polar surface area (TPSA) is 45.2 Å². The first-order valence-corrected chi connectivity index (χ1v) is 8.73. The third-order valence-corrected chi connectivity index (χ3v) is 4.39. The Balaban J connectivity index is 1.90. The fourth-order valence-electron chi connectivity index (χ4n) is 2.42. The predicted octanol–water partition coefficient (Wildman–Crippen LogP) is 4.21. The highest BCUT2D eigenvalue weighted by Gasteiger charge is 2.09. The molecule has 0 saturated heterocycles. The Bertz CT molecular complexity index is 685. The Labute approximate surface area is 152 Å². The normalized spacial score (nSPS) is 10.5. The summed E-state index contributed by atoms with van der Waals surface area (Å²) in [5, 5.41) is 4.07. The average molecular weight is 366 g/mol. The van der Waals surface area contributed by atoms with E-state index in [1.165, 1.54) is 0 Å². The van der Waals surface area contributed by atoms with Gasteiger partial charge in [-0.05, 0) is 50.1 Å². The van der Waals surface area contributed by atoms with Crippen LogP contribution in [0, 0.1) is 0 Å². The van der Waals surface area contributed by atoms with Crippen molar-refractivity contribution in [2.24, 2.45) is 0 Å². The third-order valence-electron chi connectivity index (χ3n) is 3.80. The number of halogens is 2. The molecule has 0 atom stereocenters. The van der Waals surface area contributed by atoms with Crippen molar-refractivity contribution in [2.45, 2.75) is 20.3 Å². The first kappa shape index (κ1) is 18.6. The maximum absolute atomic E-state index is 12.2. The molecule has 0 spiro atoms. The Morgan fingerprint density at radius 3 is 2.50 bits per heavy atom. The number of carbonyl (C=O) groups is 1. The van der Waals surface area contributed by atoms with Crippen molar-refractivity contribution >= 4 is 34.8 Å². The third kappa shape index (κ3) is 4.86. The molecule has 0 saturated carbocycles. The second kappa shape index (κ2) is 8.90.